The lowest BCUT2D eigenvalue weighted by molar-refractivity contribution is 0.0340. The number of ether oxygens (including phenoxy) is 2. The zero-order valence-corrected chi connectivity index (χ0v) is 15.9. The van der Waals surface area contributed by atoms with E-state index in [1.165, 1.54) is 0 Å². The van der Waals surface area contributed by atoms with E-state index in [2.05, 4.69) is 33.6 Å². The molecule has 0 saturated carbocycles. The quantitative estimate of drug-likeness (QED) is 0.842. The lowest BCUT2D eigenvalue weighted by atomic mass is 10.1. The van der Waals surface area contributed by atoms with Crippen LogP contribution in [0.5, 0.6) is 0 Å². The molecule has 0 amide bonds. The number of hydrogen-bond acceptors (Lipinski definition) is 9. The van der Waals surface area contributed by atoms with Crippen LogP contribution in [-0.2, 0) is 9.47 Å². The first kappa shape index (κ1) is 17.9. The average molecular weight is 371 g/mol. The van der Waals surface area contributed by atoms with Crippen LogP contribution in [0.2, 0.25) is 0 Å². The smallest absolute Gasteiger partial charge is 0.228 e. The third kappa shape index (κ3) is 3.65. The van der Waals surface area contributed by atoms with Crippen LogP contribution in [0.15, 0.2) is 18.5 Å². The highest BCUT2D eigenvalue weighted by Gasteiger charge is 2.31. The van der Waals surface area contributed by atoms with Gasteiger partial charge in [0.05, 0.1) is 30.6 Å². The number of morpholine rings is 1. The molecule has 0 radical (unpaired) electrons. The summed E-state index contributed by atoms with van der Waals surface area (Å²) in [5, 5.41) is 0. The van der Waals surface area contributed by atoms with Gasteiger partial charge in [0.15, 0.2) is 0 Å². The van der Waals surface area contributed by atoms with Gasteiger partial charge >= 0.3 is 0 Å². The number of nitrogens with zero attached hydrogens (tertiary/aromatic N) is 6. The fourth-order valence-electron chi connectivity index (χ4n) is 3.30. The number of hydrogen-bond donors (Lipinski definition) is 1. The predicted molar refractivity (Wildman–Crippen MR) is 103 cm³/mol. The molecule has 0 aliphatic carbocycles. The molecule has 0 spiro atoms. The Hall–Kier alpha value is -2.52. The molecule has 2 saturated heterocycles. The molecular weight excluding hydrogens is 346 g/mol. The Bertz CT molecular complexity index is 795. The van der Waals surface area contributed by atoms with Crippen molar-refractivity contribution in [3.05, 3.63) is 18.5 Å². The second-order valence-electron chi connectivity index (χ2n) is 7.15. The minimum atomic E-state index is 0.157. The van der Waals surface area contributed by atoms with E-state index in [4.69, 9.17) is 25.2 Å². The molecule has 9 heteroatoms. The second-order valence-corrected chi connectivity index (χ2v) is 7.15. The van der Waals surface area contributed by atoms with Gasteiger partial charge in [0.25, 0.3) is 0 Å². The number of rotatable bonds is 4. The minimum Gasteiger partial charge on any atom is -0.378 e. The van der Waals surface area contributed by atoms with Crippen molar-refractivity contribution in [1.29, 1.82) is 0 Å². The number of methoxy groups -OCH3 is 1. The lowest BCUT2D eigenvalue weighted by Gasteiger charge is -2.40. The van der Waals surface area contributed by atoms with Gasteiger partial charge in [-0.3, -0.25) is 0 Å². The zero-order chi connectivity index (χ0) is 19.0. The molecule has 4 rings (SSSR count). The largest absolute Gasteiger partial charge is 0.378 e. The highest BCUT2D eigenvalue weighted by Crippen LogP contribution is 2.29. The molecular formula is C18H25N7O2. The summed E-state index contributed by atoms with van der Waals surface area (Å²) in [6.45, 7) is 7.25. The van der Waals surface area contributed by atoms with Crippen molar-refractivity contribution in [1.82, 2.24) is 19.9 Å². The topological polar surface area (TPSA) is 103 Å². The van der Waals surface area contributed by atoms with Crippen molar-refractivity contribution in [2.45, 2.75) is 32.1 Å². The summed E-state index contributed by atoms with van der Waals surface area (Å²) in [5.74, 6) is 1.82. The normalized spacial score (nSPS) is 23.4. The Kier molecular flexibility index (Phi) is 4.79. The van der Waals surface area contributed by atoms with Crippen molar-refractivity contribution in [3.63, 3.8) is 0 Å². The molecule has 2 aromatic heterocycles. The first-order valence-corrected chi connectivity index (χ1v) is 9.16. The summed E-state index contributed by atoms with van der Waals surface area (Å²) in [5.41, 5.74) is 7.22. The maximum absolute atomic E-state index is 5.76. The van der Waals surface area contributed by atoms with Crippen molar-refractivity contribution < 1.29 is 9.47 Å². The molecule has 2 fully saturated rings. The van der Waals surface area contributed by atoms with Crippen LogP contribution in [0.1, 0.15) is 13.8 Å². The van der Waals surface area contributed by atoms with E-state index in [0.29, 0.717) is 12.6 Å². The SMILES string of the molecule is COC1CN(c2nc(-c3cnc(N)nc3)cc(N3C[C@H](C)OC[C@@H]3C)n2)C1. The molecule has 2 aliphatic heterocycles. The van der Waals surface area contributed by atoms with Gasteiger partial charge in [-0.05, 0) is 13.8 Å². The molecule has 2 aliphatic rings. The van der Waals surface area contributed by atoms with Crippen LogP contribution in [0.3, 0.4) is 0 Å². The minimum absolute atomic E-state index is 0.157. The van der Waals surface area contributed by atoms with Gasteiger partial charge < -0.3 is 25.0 Å². The van der Waals surface area contributed by atoms with Crippen molar-refractivity contribution >= 4 is 17.7 Å². The summed E-state index contributed by atoms with van der Waals surface area (Å²) in [7, 11) is 1.73. The number of aromatic nitrogens is 4. The molecule has 9 nitrogen and oxygen atoms in total. The van der Waals surface area contributed by atoms with E-state index in [9.17, 15) is 0 Å². The van der Waals surface area contributed by atoms with Gasteiger partial charge in [0.1, 0.15) is 5.82 Å². The van der Waals surface area contributed by atoms with Crippen molar-refractivity contribution in [2.24, 2.45) is 0 Å². The van der Waals surface area contributed by atoms with Gasteiger partial charge in [0.2, 0.25) is 11.9 Å². The van der Waals surface area contributed by atoms with E-state index in [-0.39, 0.29) is 24.2 Å². The number of anilines is 3. The van der Waals surface area contributed by atoms with Gasteiger partial charge in [0, 0.05) is 50.8 Å². The van der Waals surface area contributed by atoms with Crippen LogP contribution in [0, 0.1) is 0 Å². The third-order valence-electron chi connectivity index (χ3n) is 5.03. The zero-order valence-electron chi connectivity index (χ0n) is 15.9. The van der Waals surface area contributed by atoms with E-state index >= 15 is 0 Å². The van der Waals surface area contributed by atoms with E-state index in [1.54, 1.807) is 19.5 Å². The summed E-state index contributed by atoms with van der Waals surface area (Å²) >= 11 is 0. The van der Waals surface area contributed by atoms with Crippen LogP contribution in [0.25, 0.3) is 11.3 Å². The van der Waals surface area contributed by atoms with Crippen LogP contribution >= 0.6 is 0 Å². The molecule has 0 aromatic carbocycles. The second kappa shape index (κ2) is 7.24. The summed E-state index contributed by atoms with van der Waals surface area (Å²) in [4.78, 5) is 22.2. The first-order chi connectivity index (χ1) is 13.0. The number of nitrogen functional groups attached to an aromatic ring is 1. The molecule has 0 bridgehead atoms. The van der Waals surface area contributed by atoms with Crippen LogP contribution < -0.4 is 15.5 Å². The van der Waals surface area contributed by atoms with Gasteiger partial charge in [-0.1, -0.05) is 0 Å². The fraction of sp³-hybridized carbons (Fsp3) is 0.556. The van der Waals surface area contributed by atoms with Crippen molar-refractivity contribution in [2.75, 3.05) is 48.9 Å². The molecule has 2 aromatic rings. The highest BCUT2D eigenvalue weighted by atomic mass is 16.5. The lowest BCUT2D eigenvalue weighted by Crippen LogP contribution is -2.53. The van der Waals surface area contributed by atoms with Crippen LogP contribution in [0.4, 0.5) is 17.7 Å². The Morgan fingerprint density at radius 3 is 2.59 bits per heavy atom. The fourth-order valence-corrected chi connectivity index (χ4v) is 3.30. The summed E-state index contributed by atoms with van der Waals surface area (Å²) in [6.07, 6.45) is 3.77. The maximum atomic E-state index is 5.76. The Labute approximate surface area is 158 Å². The third-order valence-corrected chi connectivity index (χ3v) is 5.03. The maximum Gasteiger partial charge on any atom is 0.228 e. The monoisotopic (exact) mass is 371 g/mol. The van der Waals surface area contributed by atoms with Gasteiger partial charge in [-0.25, -0.2) is 15.0 Å². The molecule has 2 atom stereocenters. The molecule has 2 N–H and O–H groups in total. The summed E-state index contributed by atoms with van der Waals surface area (Å²) in [6, 6.07) is 2.23. The van der Waals surface area contributed by atoms with E-state index < -0.39 is 0 Å². The molecule has 0 unspecified atom stereocenters. The predicted octanol–water partition coefficient (Wildman–Crippen LogP) is 0.964. The Morgan fingerprint density at radius 1 is 1.15 bits per heavy atom. The van der Waals surface area contributed by atoms with E-state index in [0.717, 1.165) is 36.7 Å². The molecule has 27 heavy (non-hydrogen) atoms. The van der Waals surface area contributed by atoms with Gasteiger partial charge in [-0.2, -0.15) is 4.98 Å². The Morgan fingerprint density at radius 2 is 1.89 bits per heavy atom. The number of nitrogens with two attached hydrogens (primary N) is 1. The average Bonchev–Trinajstić information content (AvgIpc) is 2.63. The van der Waals surface area contributed by atoms with Crippen molar-refractivity contribution in [3.8, 4) is 11.3 Å². The summed E-state index contributed by atoms with van der Waals surface area (Å²) < 4.78 is 11.1. The highest BCUT2D eigenvalue weighted by molar-refractivity contribution is 5.64. The van der Waals surface area contributed by atoms with Crippen LogP contribution in [-0.4, -0.2) is 71.5 Å². The van der Waals surface area contributed by atoms with E-state index in [1.807, 2.05) is 6.07 Å². The standard InChI is InChI=1S/C18H25N7O2/c1-11-10-27-12(2)7-25(11)16-4-15(13-5-20-17(19)21-6-13)22-18(23-16)24-8-14(9-24)26-3/h4-6,11-12,14H,7-10H2,1-3H3,(H2,19,20,21)/t11-,12-/m0/s1. The first-order valence-electron chi connectivity index (χ1n) is 9.16. The van der Waals surface area contributed by atoms with Gasteiger partial charge in [-0.15, -0.1) is 0 Å². The Balaban J connectivity index is 1.71. The molecule has 144 valence electrons. The molecule has 4 heterocycles.